The maximum atomic E-state index is 11.8. The Morgan fingerprint density at radius 2 is 1.67 bits per heavy atom. The number of thioether (sulfide) groups is 1. The van der Waals surface area contributed by atoms with E-state index < -0.39 is 5.97 Å². The number of hydrogen-bond acceptors (Lipinski definition) is 6. The van der Waals surface area contributed by atoms with Crippen molar-refractivity contribution < 1.29 is 23.8 Å². The lowest BCUT2D eigenvalue weighted by Crippen LogP contribution is -2.32. The molecule has 2 aromatic rings. The normalized spacial score (nSPS) is 10.1. The van der Waals surface area contributed by atoms with E-state index in [4.69, 9.17) is 14.2 Å². The zero-order valence-corrected chi connectivity index (χ0v) is 16.2. The molecule has 0 aromatic heterocycles. The van der Waals surface area contributed by atoms with Gasteiger partial charge in [0.2, 0.25) is 5.91 Å². The SMILES string of the molecule is COc1ccc(CSCCC(=O)NCC(=O)Oc2ccccc2OC)cc1. The Bertz CT molecular complexity index is 748. The summed E-state index contributed by atoms with van der Waals surface area (Å²) >= 11 is 1.66. The van der Waals surface area contributed by atoms with Crippen LogP contribution in [0.15, 0.2) is 48.5 Å². The van der Waals surface area contributed by atoms with Crippen LogP contribution in [0.4, 0.5) is 0 Å². The summed E-state index contributed by atoms with van der Waals surface area (Å²) in [7, 11) is 3.13. The van der Waals surface area contributed by atoms with Crippen LogP contribution >= 0.6 is 11.8 Å². The van der Waals surface area contributed by atoms with Crippen molar-refractivity contribution in [3.05, 3.63) is 54.1 Å². The van der Waals surface area contributed by atoms with E-state index in [2.05, 4.69) is 5.32 Å². The fourth-order valence-corrected chi connectivity index (χ4v) is 3.10. The van der Waals surface area contributed by atoms with Crippen molar-refractivity contribution in [2.75, 3.05) is 26.5 Å². The Morgan fingerprint density at radius 1 is 0.963 bits per heavy atom. The van der Waals surface area contributed by atoms with Crippen LogP contribution in [-0.4, -0.2) is 38.4 Å². The van der Waals surface area contributed by atoms with Crippen LogP contribution in [0.1, 0.15) is 12.0 Å². The number of rotatable bonds is 10. The summed E-state index contributed by atoms with van der Waals surface area (Å²) in [6, 6.07) is 14.7. The lowest BCUT2D eigenvalue weighted by molar-refractivity contribution is -0.135. The molecular weight excluding hydrogens is 366 g/mol. The van der Waals surface area contributed by atoms with E-state index in [0.29, 0.717) is 23.7 Å². The second-order valence-corrected chi connectivity index (χ2v) is 6.66. The molecule has 1 N–H and O–H groups in total. The van der Waals surface area contributed by atoms with E-state index in [1.54, 1.807) is 43.1 Å². The van der Waals surface area contributed by atoms with Gasteiger partial charge in [0.05, 0.1) is 14.2 Å². The van der Waals surface area contributed by atoms with Gasteiger partial charge in [0, 0.05) is 17.9 Å². The van der Waals surface area contributed by atoms with E-state index in [-0.39, 0.29) is 12.5 Å². The molecule has 2 aromatic carbocycles. The Balaban J connectivity index is 1.63. The number of carbonyl (C=O) groups is 2. The molecule has 0 saturated carbocycles. The average Bonchev–Trinajstić information content (AvgIpc) is 2.70. The second kappa shape index (κ2) is 11.1. The highest BCUT2D eigenvalue weighted by Crippen LogP contribution is 2.25. The molecule has 2 rings (SSSR count). The van der Waals surface area contributed by atoms with Gasteiger partial charge in [0.1, 0.15) is 12.3 Å². The van der Waals surface area contributed by atoms with Crippen molar-refractivity contribution in [2.45, 2.75) is 12.2 Å². The first-order valence-electron chi connectivity index (χ1n) is 8.43. The highest BCUT2D eigenvalue weighted by Gasteiger charge is 2.11. The molecule has 0 spiro atoms. The summed E-state index contributed by atoms with van der Waals surface area (Å²) in [5.41, 5.74) is 1.17. The van der Waals surface area contributed by atoms with Gasteiger partial charge in [-0.2, -0.15) is 11.8 Å². The third-order valence-electron chi connectivity index (χ3n) is 3.62. The van der Waals surface area contributed by atoms with Crippen molar-refractivity contribution in [3.8, 4) is 17.2 Å². The van der Waals surface area contributed by atoms with Crippen molar-refractivity contribution in [2.24, 2.45) is 0 Å². The van der Waals surface area contributed by atoms with Gasteiger partial charge in [-0.15, -0.1) is 0 Å². The second-order valence-electron chi connectivity index (χ2n) is 5.55. The summed E-state index contributed by atoms with van der Waals surface area (Å²) in [6.45, 7) is -0.181. The third kappa shape index (κ3) is 7.22. The van der Waals surface area contributed by atoms with Crippen LogP contribution in [0, 0.1) is 0 Å². The molecule has 0 bridgehead atoms. The first-order valence-corrected chi connectivity index (χ1v) is 9.59. The first kappa shape index (κ1) is 20.6. The van der Waals surface area contributed by atoms with Crippen molar-refractivity contribution in [3.63, 3.8) is 0 Å². The van der Waals surface area contributed by atoms with Crippen LogP contribution in [0.3, 0.4) is 0 Å². The molecule has 0 aliphatic heterocycles. The molecule has 0 aliphatic rings. The standard InChI is InChI=1S/C20H23NO5S/c1-24-16-9-7-15(8-10-16)14-27-12-11-19(22)21-13-20(23)26-18-6-4-3-5-17(18)25-2/h3-10H,11-14H2,1-2H3,(H,21,22). The summed E-state index contributed by atoms with van der Waals surface area (Å²) < 4.78 is 15.4. The topological polar surface area (TPSA) is 73.9 Å². The number of ether oxygens (including phenoxy) is 3. The minimum Gasteiger partial charge on any atom is -0.497 e. The molecule has 0 heterocycles. The number of benzene rings is 2. The summed E-state index contributed by atoms with van der Waals surface area (Å²) in [5, 5.41) is 2.57. The lowest BCUT2D eigenvalue weighted by atomic mass is 10.2. The first-order chi connectivity index (χ1) is 13.1. The number of amides is 1. The smallest absolute Gasteiger partial charge is 0.330 e. The molecule has 0 atom stereocenters. The van der Waals surface area contributed by atoms with Gasteiger partial charge in [0.15, 0.2) is 11.5 Å². The highest BCUT2D eigenvalue weighted by atomic mass is 32.2. The quantitative estimate of drug-likeness (QED) is 0.382. The van der Waals surface area contributed by atoms with Crippen LogP contribution in [-0.2, 0) is 15.3 Å². The predicted octanol–water partition coefficient (Wildman–Crippen LogP) is 3.05. The number of methoxy groups -OCH3 is 2. The Labute approximate surface area is 163 Å². The van der Waals surface area contributed by atoms with Gasteiger partial charge in [-0.05, 0) is 29.8 Å². The van der Waals surface area contributed by atoms with Gasteiger partial charge in [-0.1, -0.05) is 24.3 Å². The highest BCUT2D eigenvalue weighted by molar-refractivity contribution is 7.98. The molecule has 27 heavy (non-hydrogen) atoms. The molecule has 6 nitrogen and oxygen atoms in total. The van der Waals surface area contributed by atoms with Crippen molar-refractivity contribution >= 4 is 23.6 Å². The fourth-order valence-electron chi connectivity index (χ4n) is 2.20. The maximum Gasteiger partial charge on any atom is 0.330 e. The lowest BCUT2D eigenvalue weighted by Gasteiger charge is -2.09. The van der Waals surface area contributed by atoms with Crippen LogP contribution in [0.2, 0.25) is 0 Å². The van der Waals surface area contributed by atoms with Gasteiger partial charge in [-0.3, -0.25) is 4.79 Å². The summed E-state index contributed by atoms with van der Waals surface area (Å²) in [5.74, 6) is 2.37. The molecule has 0 aliphatic carbocycles. The zero-order valence-electron chi connectivity index (χ0n) is 15.4. The number of nitrogens with one attached hydrogen (secondary N) is 1. The third-order valence-corrected chi connectivity index (χ3v) is 4.65. The van der Waals surface area contributed by atoms with E-state index in [1.807, 2.05) is 24.3 Å². The number of para-hydroxylation sites is 2. The molecule has 144 valence electrons. The fraction of sp³-hybridized carbons (Fsp3) is 0.300. The van der Waals surface area contributed by atoms with Gasteiger partial charge >= 0.3 is 5.97 Å². The Kier molecular flexibility index (Phi) is 8.51. The molecule has 0 unspecified atom stereocenters. The van der Waals surface area contributed by atoms with Gasteiger partial charge < -0.3 is 19.5 Å². The van der Waals surface area contributed by atoms with Crippen LogP contribution < -0.4 is 19.5 Å². The van der Waals surface area contributed by atoms with E-state index in [0.717, 1.165) is 11.5 Å². The minimum absolute atomic E-state index is 0.181. The molecule has 7 heteroatoms. The molecule has 0 saturated heterocycles. The number of esters is 1. The van der Waals surface area contributed by atoms with Gasteiger partial charge in [-0.25, -0.2) is 4.79 Å². The van der Waals surface area contributed by atoms with Crippen molar-refractivity contribution in [1.29, 1.82) is 0 Å². The zero-order chi connectivity index (χ0) is 19.5. The monoisotopic (exact) mass is 389 g/mol. The maximum absolute atomic E-state index is 11.8. The molecule has 0 radical (unpaired) electrons. The predicted molar refractivity (Wildman–Crippen MR) is 105 cm³/mol. The average molecular weight is 389 g/mol. The van der Waals surface area contributed by atoms with Crippen LogP contribution in [0.25, 0.3) is 0 Å². The summed E-state index contributed by atoms with van der Waals surface area (Å²) in [6.07, 6.45) is 0.336. The Hall–Kier alpha value is -2.67. The summed E-state index contributed by atoms with van der Waals surface area (Å²) in [4.78, 5) is 23.7. The van der Waals surface area contributed by atoms with E-state index in [1.165, 1.54) is 12.7 Å². The van der Waals surface area contributed by atoms with E-state index >= 15 is 0 Å². The number of hydrogen-bond donors (Lipinski definition) is 1. The molecular formula is C20H23NO5S. The largest absolute Gasteiger partial charge is 0.497 e. The van der Waals surface area contributed by atoms with E-state index in [9.17, 15) is 9.59 Å². The molecule has 1 amide bonds. The van der Waals surface area contributed by atoms with Crippen molar-refractivity contribution in [1.82, 2.24) is 5.32 Å². The minimum atomic E-state index is -0.543. The Morgan fingerprint density at radius 3 is 2.33 bits per heavy atom. The van der Waals surface area contributed by atoms with Crippen LogP contribution in [0.5, 0.6) is 17.2 Å². The molecule has 0 fully saturated rings. The van der Waals surface area contributed by atoms with Gasteiger partial charge in [0.25, 0.3) is 0 Å². The number of carbonyl (C=O) groups excluding carboxylic acids is 2.